The summed E-state index contributed by atoms with van der Waals surface area (Å²) < 4.78 is 15.5. The zero-order valence-electron chi connectivity index (χ0n) is 17.2. The van der Waals surface area contributed by atoms with Gasteiger partial charge in [0.25, 0.3) is 5.91 Å². The Morgan fingerprint density at radius 3 is 2.66 bits per heavy atom. The van der Waals surface area contributed by atoms with Gasteiger partial charge in [0.1, 0.15) is 5.82 Å². The SMILES string of the molecule is C=CCn1c(SCC(=O)Nc2ccccc2F)nnc1[C@H](C)NC(=O)c1ccccc1Cl. The number of benzene rings is 2. The predicted octanol–water partition coefficient (Wildman–Crippen LogP) is 4.48. The number of allylic oxidation sites excluding steroid dienone is 1. The van der Waals surface area contributed by atoms with E-state index in [2.05, 4.69) is 27.4 Å². The van der Waals surface area contributed by atoms with E-state index in [1.807, 2.05) is 0 Å². The highest BCUT2D eigenvalue weighted by Gasteiger charge is 2.21. The second-order valence-electron chi connectivity index (χ2n) is 6.73. The van der Waals surface area contributed by atoms with E-state index < -0.39 is 11.9 Å². The third-order valence-electron chi connectivity index (χ3n) is 4.39. The molecule has 7 nitrogen and oxygen atoms in total. The third kappa shape index (κ3) is 5.74. The highest BCUT2D eigenvalue weighted by Crippen LogP contribution is 2.22. The van der Waals surface area contributed by atoms with Crippen LogP contribution in [-0.4, -0.2) is 32.3 Å². The van der Waals surface area contributed by atoms with Gasteiger partial charge in [0.2, 0.25) is 5.91 Å². The quantitative estimate of drug-likeness (QED) is 0.353. The minimum absolute atomic E-state index is 0.00394. The van der Waals surface area contributed by atoms with Gasteiger partial charge < -0.3 is 15.2 Å². The van der Waals surface area contributed by atoms with Crippen LogP contribution in [0.15, 0.2) is 66.3 Å². The lowest BCUT2D eigenvalue weighted by atomic mass is 10.2. The van der Waals surface area contributed by atoms with Crippen molar-refractivity contribution in [3.05, 3.63) is 83.4 Å². The van der Waals surface area contributed by atoms with E-state index in [9.17, 15) is 14.0 Å². The molecule has 3 rings (SSSR count). The van der Waals surface area contributed by atoms with Gasteiger partial charge in [-0.15, -0.1) is 16.8 Å². The summed E-state index contributed by atoms with van der Waals surface area (Å²) in [5.41, 5.74) is 0.470. The first-order valence-corrected chi connectivity index (χ1v) is 11.0. The first kappa shape index (κ1) is 23.5. The summed E-state index contributed by atoms with van der Waals surface area (Å²) in [6, 6.07) is 12.2. The molecular weight excluding hydrogens is 453 g/mol. The normalized spacial score (nSPS) is 11.6. The van der Waals surface area contributed by atoms with E-state index in [1.165, 1.54) is 12.1 Å². The number of carbonyl (C=O) groups excluding carboxylic acids is 2. The summed E-state index contributed by atoms with van der Waals surface area (Å²) in [5, 5.41) is 14.5. The van der Waals surface area contributed by atoms with Gasteiger partial charge in [-0.1, -0.05) is 53.7 Å². The van der Waals surface area contributed by atoms with Gasteiger partial charge in [0.15, 0.2) is 11.0 Å². The molecule has 0 saturated heterocycles. The van der Waals surface area contributed by atoms with E-state index in [-0.39, 0.29) is 23.3 Å². The topological polar surface area (TPSA) is 88.9 Å². The van der Waals surface area contributed by atoms with Gasteiger partial charge in [0.05, 0.1) is 28.1 Å². The first-order valence-electron chi connectivity index (χ1n) is 9.67. The number of anilines is 1. The van der Waals surface area contributed by atoms with Crippen LogP contribution in [-0.2, 0) is 11.3 Å². The Labute approximate surface area is 194 Å². The lowest BCUT2D eigenvalue weighted by Crippen LogP contribution is -2.29. The van der Waals surface area contributed by atoms with Crippen molar-refractivity contribution in [2.24, 2.45) is 0 Å². The molecule has 0 aliphatic carbocycles. The molecule has 32 heavy (non-hydrogen) atoms. The van der Waals surface area contributed by atoms with Gasteiger partial charge in [0, 0.05) is 6.54 Å². The van der Waals surface area contributed by atoms with Crippen LogP contribution in [0.2, 0.25) is 5.02 Å². The van der Waals surface area contributed by atoms with Crippen molar-refractivity contribution in [3.63, 3.8) is 0 Å². The highest BCUT2D eigenvalue weighted by atomic mass is 35.5. The number of nitrogens with zero attached hydrogens (tertiary/aromatic N) is 3. The highest BCUT2D eigenvalue weighted by molar-refractivity contribution is 7.99. The minimum Gasteiger partial charge on any atom is -0.342 e. The summed E-state index contributed by atoms with van der Waals surface area (Å²) in [6.07, 6.45) is 1.67. The number of nitrogens with one attached hydrogen (secondary N) is 2. The molecule has 10 heteroatoms. The fraction of sp³-hybridized carbons (Fsp3) is 0.182. The van der Waals surface area contributed by atoms with Crippen molar-refractivity contribution < 1.29 is 14.0 Å². The largest absolute Gasteiger partial charge is 0.342 e. The molecule has 1 aromatic heterocycles. The Bertz CT molecular complexity index is 1140. The van der Waals surface area contributed by atoms with Gasteiger partial charge >= 0.3 is 0 Å². The summed E-state index contributed by atoms with van der Waals surface area (Å²) in [4.78, 5) is 24.8. The van der Waals surface area contributed by atoms with Gasteiger partial charge in [-0.05, 0) is 31.2 Å². The number of para-hydroxylation sites is 1. The lowest BCUT2D eigenvalue weighted by Gasteiger charge is -2.15. The van der Waals surface area contributed by atoms with Crippen LogP contribution >= 0.6 is 23.4 Å². The smallest absolute Gasteiger partial charge is 0.253 e. The molecule has 0 fully saturated rings. The number of carbonyl (C=O) groups is 2. The number of hydrogen-bond donors (Lipinski definition) is 2. The van der Waals surface area contributed by atoms with E-state index in [4.69, 9.17) is 11.6 Å². The fourth-order valence-electron chi connectivity index (χ4n) is 2.89. The molecule has 0 radical (unpaired) electrons. The second-order valence-corrected chi connectivity index (χ2v) is 8.08. The number of aromatic nitrogens is 3. The summed E-state index contributed by atoms with van der Waals surface area (Å²) in [7, 11) is 0. The molecule has 2 amide bonds. The molecule has 1 atom stereocenters. The summed E-state index contributed by atoms with van der Waals surface area (Å²) in [6.45, 7) is 5.90. The van der Waals surface area contributed by atoms with Crippen molar-refractivity contribution in [2.75, 3.05) is 11.1 Å². The fourth-order valence-corrected chi connectivity index (χ4v) is 3.87. The Morgan fingerprint density at radius 2 is 1.94 bits per heavy atom. The molecule has 0 aliphatic rings. The zero-order valence-corrected chi connectivity index (χ0v) is 18.8. The van der Waals surface area contributed by atoms with E-state index >= 15 is 0 Å². The first-order chi connectivity index (χ1) is 15.4. The van der Waals surface area contributed by atoms with Gasteiger partial charge in [-0.25, -0.2) is 4.39 Å². The van der Waals surface area contributed by atoms with Crippen molar-refractivity contribution >= 4 is 40.9 Å². The van der Waals surface area contributed by atoms with Crippen molar-refractivity contribution in [2.45, 2.75) is 24.7 Å². The average Bonchev–Trinajstić information content (AvgIpc) is 3.17. The maximum atomic E-state index is 13.7. The molecule has 166 valence electrons. The van der Waals surface area contributed by atoms with Crippen molar-refractivity contribution in [1.29, 1.82) is 0 Å². The molecule has 0 aliphatic heterocycles. The molecule has 0 spiro atoms. The average molecular weight is 474 g/mol. The van der Waals surface area contributed by atoms with Gasteiger partial charge in [-0.3, -0.25) is 9.59 Å². The van der Waals surface area contributed by atoms with Crippen LogP contribution in [0.25, 0.3) is 0 Å². The maximum Gasteiger partial charge on any atom is 0.253 e. The number of amides is 2. The van der Waals surface area contributed by atoms with E-state index in [1.54, 1.807) is 54.0 Å². The van der Waals surface area contributed by atoms with Crippen molar-refractivity contribution in [1.82, 2.24) is 20.1 Å². The molecule has 0 unspecified atom stereocenters. The van der Waals surface area contributed by atoms with Crippen molar-refractivity contribution in [3.8, 4) is 0 Å². The Hall–Kier alpha value is -3.17. The van der Waals surface area contributed by atoms with Crippen LogP contribution in [0, 0.1) is 5.82 Å². The molecule has 1 heterocycles. The second kappa shape index (κ2) is 10.9. The summed E-state index contributed by atoms with van der Waals surface area (Å²) >= 11 is 7.25. The monoisotopic (exact) mass is 473 g/mol. The minimum atomic E-state index is -0.508. The van der Waals surface area contributed by atoms with Crippen LogP contribution in [0.1, 0.15) is 29.1 Å². The predicted molar refractivity (Wildman–Crippen MR) is 123 cm³/mol. The van der Waals surface area contributed by atoms with E-state index in [0.29, 0.717) is 28.1 Å². The number of hydrogen-bond acceptors (Lipinski definition) is 5. The Morgan fingerprint density at radius 1 is 1.22 bits per heavy atom. The molecule has 0 saturated carbocycles. The number of rotatable bonds is 9. The van der Waals surface area contributed by atoms with Crippen LogP contribution in [0.3, 0.4) is 0 Å². The molecular formula is C22H21ClFN5O2S. The third-order valence-corrected chi connectivity index (χ3v) is 5.69. The Balaban J connectivity index is 1.68. The maximum absolute atomic E-state index is 13.7. The molecule has 2 N–H and O–H groups in total. The number of thioether (sulfide) groups is 1. The molecule has 2 aromatic carbocycles. The van der Waals surface area contributed by atoms with Gasteiger partial charge in [-0.2, -0.15) is 0 Å². The van der Waals surface area contributed by atoms with Crippen LogP contribution in [0.5, 0.6) is 0 Å². The molecule has 3 aromatic rings. The zero-order chi connectivity index (χ0) is 23.1. The van der Waals surface area contributed by atoms with Crippen LogP contribution in [0.4, 0.5) is 10.1 Å². The number of halogens is 2. The Kier molecular flexibility index (Phi) is 8.02. The lowest BCUT2D eigenvalue weighted by molar-refractivity contribution is -0.113. The van der Waals surface area contributed by atoms with Crippen LogP contribution < -0.4 is 10.6 Å². The molecule has 0 bridgehead atoms. The summed E-state index contributed by atoms with van der Waals surface area (Å²) in [5.74, 6) is -0.720. The standard InChI is InChI=1S/C22H21ClFN5O2S/c1-3-12-29-20(14(2)25-21(31)15-8-4-5-9-16(15)23)27-28-22(29)32-13-19(30)26-18-11-7-6-10-17(18)24/h3-11,14H,1,12-13H2,2H3,(H,25,31)(H,26,30)/t14-/m0/s1. The van der Waals surface area contributed by atoms with E-state index in [0.717, 1.165) is 11.8 Å².